The van der Waals surface area contributed by atoms with Crippen molar-refractivity contribution in [1.29, 1.82) is 0 Å². The van der Waals surface area contributed by atoms with Crippen LogP contribution in [0.3, 0.4) is 0 Å². The number of ether oxygens (including phenoxy) is 2. The van der Waals surface area contributed by atoms with Crippen LogP contribution in [0, 0.1) is 11.8 Å². The molecule has 0 amide bonds. The van der Waals surface area contributed by atoms with Gasteiger partial charge in [0, 0.05) is 24.6 Å². The van der Waals surface area contributed by atoms with E-state index in [0.717, 1.165) is 33.3 Å². The van der Waals surface area contributed by atoms with Crippen LogP contribution in [0.1, 0.15) is 24.4 Å². The number of hydrogen-bond acceptors (Lipinski definition) is 4. The summed E-state index contributed by atoms with van der Waals surface area (Å²) in [5, 5.41) is 1.08. The fourth-order valence-electron chi connectivity index (χ4n) is 3.36. The van der Waals surface area contributed by atoms with Gasteiger partial charge in [-0.2, -0.15) is 0 Å². The highest BCUT2D eigenvalue weighted by molar-refractivity contribution is 6.02. The monoisotopic (exact) mass is 385 g/mol. The fraction of sp³-hybridized carbons (Fsp3) is 0.250. The zero-order valence-electron chi connectivity index (χ0n) is 16.6. The van der Waals surface area contributed by atoms with Gasteiger partial charge in [-0.3, -0.25) is 4.98 Å². The first-order chi connectivity index (χ1) is 14.3. The summed E-state index contributed by atoms with van der Waals surface area (Å²) in [6, 6.07) is 18.0. The Bertz CT molecular complexity index is 1170. The van der Waals surface area contributed by atoms with Gasteiger partial charge in [0.05, 0.1) is 23.8 Å². The molecule has 2 aromatic heterocycles. The minimum absolute atomic E-state index is 0.126. The van der Waals surface area contributed by atoms with Gasteiger partial charge < -0.3 is 14.0 Å². The van der Waals surface area contributed by atoms with Gasteiger partial charge in [0.2, 0.25) is 0 Å². The Balaban J connectivity index is 1.55. The maximum atomic E-state index is 5.78. The Labute approximate surface area is 170 Å². The summed E-state index contributed by atoms with van der Waals surface area (Å²) >= 11 is 0. The van der Waals surface area contributed by atoms with E-state index >= 15 is 0 Å². The molecule has 0 N–H and O–H groups in total. The standard InChI is InChI=1S/C24H23N3O2/c1-18(28-2)24-26-22-17-25-21-13-7-6-12-20(21)23(22)27(24)14-16-29-15-8-11-19-9-4-3-5-10-19/h3-7,9-10,12-13,17-18H,14-16H2,1-2H3. The lowest BCUT2D eigenvalue weighted by Crippen LogP contribution is -2.12. The molecule has 2 heterocycles. The van der Waals surface area contributed by atoms with Crippen molar-refractivity contribution < 1.29 is 9.47 Å². The first kappa shape index (κ1) is 19.1. The smallest absolute Gasteiger partial charge is 0.139 e. The normalized spacial score (nSPS) is 12.1. The van der Waals surface area contributed by atoms with E-state index in [-0.39, 0.29) is 6.10 Å². The van der Waals surface area contributed by atoms with E-state index in [1.54, 1.807) is 7.11 Å². The third kappa shape index (κ3) is 4.14. The summed E-state index contributed by atoms with van der Waals surface area (Å²) in [6.45, 7) is 3.59. The molecule has 146 valence electrons. The van der Waals surface area contributed by atoms with Gasteiger partial charge >= 0.3 is 0 Å². The molecule has 4 aromatic rings. The molecule has 5 nitrogen and oxygen atoms in total. The number of benzene rings is 2. The zero-order chi connectivity index (χ0) is 20.1. The fourth-order valence-corrected chi connectivity index (χ4v) is 3.36. The van der Waals surface area contributed by atoms with E-state index in [9.17, 15) is 0 Å². The third-order valence-corrected chi connectivity index (χ3v) is 4.87. The van der Waals surface area contributed by atoms with Crippen molar-refractivity contribution >= 4 is 21.9 Å². The lowest BCUT2D eigenvalue weighted by atomic mass is 10.2. The predicted octanol–water partition coefficient (Wildman–Crippen LogP) is 4.36. The second-order valence-corrected chi connectivity index (χ2v) is 6.73. The topological polar surface area (TPSA) is 49.2 Å². The molecule has 0 aliphatic rings. The molecule has 1 atom stereocenters. The van der Waals surface area contributed by atoms with Crippen molar-refractivity contribution in [2.45, 2.75) is 19.6 Å². The molecule has 0 aliphatic heterocycles. The van der Waals surface area contributed by atoms with Crippen LogP contribution in [0.5, 0.6) is 0 Å². The predicted molar refractivity (Wildman–Crippen MR) is 115 cm³/mol. The number of para-hydroxylation sites is 1. The van der Waals surface area contributed by atoms with Crippen LogP contribution in [0.25, 0.3) is 21.9 Å². The number of methoxy groups -OCH3 is 1. The van der Waals surface area contributed by atoms with Gasteiger partial charge in [0.1, 0.15) is 24.1 Å². The Morgan fingerprint density at radius 2 is 1.83 bits per heavy atom. The quantitative estimate of drug-likeness (QED) is 0.365. The van der Waals surface area contributed by atoms with Gasteiger partial charge in [-0.1, -0.05) is 48.2 Å². The average Bonchev–Trinajstić information content (AvgIpc) is 3.15. The van der Waals surface area contributed by atoms with Gasteiger partial charge in [-0.05, 0) is 25.1 Å². The van der Waals surface area contributed by atoms with E-state index < -0.39 is 0 Å². The lowest BCUT2D eigenvalue weighted by Gasteiger charge is -2.14. The second-order valence-electron chi connectivity index (χ2n) is 6.73. The molecule has 0 saturated heterocycles. The van der Waals surface area contributed by atoms with Gasteiger partial charge in [0.25, 0.3) is 0 Å². The molecule has 0 fully saturated rings. The largest absolute Gasteiger partial charge is 0.374 e. The molecule has 1 unspecified atom stereocenters. The van der Waals surface area contributed by atoms with Crippen molar-refractivity contribution in [3.05, 3.63) is 72.2 Å². The van der Waals surface area contributed by atoms with Crippen LogP contribution in [0.15, 0.2) is 60.8 Å². The number of nitrogens with zero attached hydrogens (tertiary/aromatic N) is 3. The summed E-state index contributed by atoms with van der Waals surface area (Å²) in [6.07, 6.45) is 1.70. The molecule has 4 rings (SSSR count). The van der Waals surface area contributed by atoms with Crippen molar-refractivity contribution in [1.82, 2.24) is 14.5 Å². The summed E-state index contributed by atoms with van der Waals surface area (Å²) in [5.74, 6) is 7.05. The maximum absolute atomic E-state index is 5.78. The molecular weight excluding hydrogens is 362 g/mol. The zero-order valence-corrected chi connectivity index (χ0v) is 16.6. The number of fused-ring (bicyclic) bond motifs is 3. The maximum Gasteiger partial charge on any atom is 0.139 e. The van der Waals surface area contributed by atoms with E-state index in [2.05, 4.69) is 27.5 Å². The molecule has 2 aromatic carbocycles. The van der Waals surface area contributed by atoms with Crippen LogP contribution >= 0.6 is 0 Å². The van der Waals surface area contributed by atoms with Gasteiger partial charge in [-0.15, -0.1) is 0 Å². The van der Waals surface area contributed by atoms with Crippen molar-refractivity contribution in [3.63, 3.8) is 0 Å². The van der Waals surface area contributed by atoms with Crippen molar-refractivity contribution in [2.75, 3.05) is 20.3 Å². The van der Waals surface area contributed by atoms with Crippen LogP contribution in [-0.4, -0.2) is 34.9 Å². The van der Waals surface area contributed by atoms with Crippen molar-refractivity contribution in [3.8, 4) is 11.8 Å². The minimum atomic E-state index is -0.126. The van der Waals surface area contributed by atoms with E-state index in [1.807, 2.05) is 61.7 Å². The Kier molecular flexibility index (Phi) is 5.85. The average molecular weight is 385 g/mol. The number of pyridine rings is 1. The van der Waals surface area contributed by atoms with Crippen molar-refractivity contribution in [2.24, 2.45) is 0 Å². The number of rotatable bonds is 6. The molecule has 0 spiro atoms. The van der Waals surface area contributed by atoms with Crippen LogP contribution in [0.4, 0.5) is 0 Å². The number of hydrogen-bond donors (Lipinski definition) is 0. The van der Waals surface area contributed by atoms with Gasteiger partial charge in [-0.25, -0.2) is 4.98 Å². The molecule has 0 bridgehead atoms. The van der Waals surface area contributed by atoms with E-state index in [4.69, 9.17) is 14.5 Å². The highest BCUT2D eigenvalue weighted by Gasteiger charge is 2.18. The summed E-state index contributed by atoms with van der Waals surface area (Å²) < 4.78 is 13.5. The molecule has 0 aliphatic carbocycles. The first-order valence-corrected chi connectivity index (χ1v) is 9.66. The van der Waals surface area contributed by atoms with Crippen LogP contribution in [-0.2, 0) is 16.0 Å². The molecule has 0 saturated carbocycles. The minimum Gasteiger partial charge on any atom is -0.374 e. The lowest BCUT2D eigenvalue weighted by molar-refractivity contribution is 0.105. The van der Waals surface area contributed by atoms with E-state index in [0.29, 0.717) is 19.8 Å². The van der Waals surface area contributed by atoms with E-state index in [1.165, 1.54) is 0 Å². The second kappa shape index (κ2) is 8.87. The summed E-state index contributed by atoms with van der Waals surface area (Å²) in [7, 11) is 1.69. The number of aromatic nitrogens is 3. The Morgan fingerprint density at radius 3 is 2.66 bits per heavy atom. The number of imidazole rings is 1. The SMILES string of the molecule is COC(C)c1nc2cnc3ccccc3c2n1CCOCC#Cc1ccccc1. The highest BCUT2D eigenvalue weighted by atomic mass is 16.5. The molecule has 29 heavy (non-hydrogen) atoms. The van der Waals surface area contributed by atoms with Gasteiger partial charge in [0.15, 0.2) is 0 Å². The van der Waals surface area contributed by atoms with Crippen LogP contribution < -0.4 is 0 Å². The Hall–Kier alpha value is -3.20. The summed E-state index contributed by atoms with van der Waals surface area (Å²) in [4.78, 5) is 9.31. The highest BCUT2D eigenvalue weighted by Crippen LogP contribution is 2.27. The third-order valence-electron chi connectivity index (χ3n) is 4.87. The molecular formula is C24H23N3O2. The summed E-state index contributed by atoms with van der Waals surface area (Å²) in [5.41, 5.74) is 3.87. The Morgan fingerprint density at radius 1 is 1.03 bits per heavy atom. The molecule has 0 radical (unpaired) electrons. The van der Waals surface area contributed by atoms with Crippen LogP contribution in [0.2, 0.25) is 0 Å². The molecule has 5 heteroatoms. The first-order valence-electron chi connectivity index (χ1n) is 9.66.